The summed E-state index contributed by atoms with van der Waals surface area (Å²) in [6.45, 7) is 4.83. The zero-order valence-electron chi connectivity index (χ0n) is 14.9. The third-order valence-corrected chi connectivity index (χ3v) is 6.12. The topological polar surface area (TPSA) is 50.2 Å². The molecule has 0 saturated carbocycles. The third-order valence-electron chi connectivity index (χ3n) is 4.60. The van der Waals surface area contributed by atoms with E-state index in [1.807, 2.05) is 35.0 Å². The summed E-state index contributed by atoms with van der Waals surface area (Å²) in [5.74, 6) is 1.17. The minimum Gasteiger partial charge on any atom is -0.357 e. The number of aromatic nitrogens is 2. The van der Waals surface area contributed by atoms with Crippen LogP contribution in [0.2, 0.25) is 0 Å². The molecule has 0 unspecified atom stereocenters. The lowest BCUT2D eigenvalue weighted by Crippen LogP contribution is -2.36. The maximum Gasteiger partial charge on any atom is 0.230 e. The van der Waals surface area contributed by atoms with Crippen LogP contribution in [0, 0.1) is 5.92 Å². The molecule has 26 heavy (non-hydrogen) atoms. The first-order valence-corrected chi connectivity index (χ1v) is 10.3. The van der Waals surface area contributed by atoms with Crippen molar-refractivity contribution < 1.29 is 4.79 Å². The molecule has 1 aliphatic heterocycles. The molecule has 1 N–H and O–H groups in total. The molecule has 5 nitrogen and oxygen atoms in total. The van der Waals surface area contributed by atoms with Crippen LogP contribution < -0.4 is 5.32 Å². The highest BCUT2D eigenvalue weighted by Crippen LogP contribution is 2.20. The molecule has 7 heteroatoms. The van der Waals surface area contributed by atoms with E-state index in [2.05, 4.69) is 22.1 Å². The Kier molecular flexibility index (Phi) is 6.68. The molecule has 0 atom stereocenters. The van der Waals surface area contributed by atoms with Crippen LogP contribution in [0.25, 0.3) is 5.69 Å². The van der Waals surface area contributed by atoms with E-state index in [9.17, 15) is 4.79 Å². The number of thiocarbonyl (C=S) groups is 1. The van der Waals surface area contributed by atoms with Crippen molar-refractivity contribution in [2.75, 3.05) is 18.8 Å². The summed E-state index contributed by atoms with van der Waals surface area (Å²) in [6.07, 6.45) is 7.78. The number of amides is 1. The van der Waals surface area contributed by atoms with Gasteiger partial charge in [-0.3, -0.25) is 4.79 Å². The number of likely N-dealkylation sites (tertiary alicyclic amines) is 1. The lowest BCUT2D eigenvalue weighted by molar-refractivity contribution is -0.118. The summed E-state index contributed by atoms with van der Waals surface area (Å²) in [5, 5.41) is 2.96. The lowest BCUT2D eigenvalue weighted by atomic mass is 10.00. The Hall–Kier alpha value is -1.86. The van der Waals surface area contributed by atoms with E-state index < -0.39 is 0 Å². The summed E-state index contributed by atoms with van der Waals surface area (Å²) < 4.78 is 2.79. The minimum atomic E-state index is 0.0152. The molecule has 1 aliphatic rings. The Bertz CT molecular complexity index is 723. The van der Waals surface area contributed by atoms with Crippen LogP contribution in [0.3, 0.4) is 0 Å². The van der Waals surface area contributed by atoms with Crippen LogP contribution in [-0.2, 0) is 11.3 Å². The first-order valence-electron chi connectivity index (χ1n) is 8.87. The van der Waals surface area contributed by atoms with E-state index in [-0.39, 0.29) is 5.91 Å². The van der Waals surface area contributed by atoms with Gasteiger partial charge in [0.1, 0.15) is 4.32 Å². The molecule has 3 rings (SSSR count). The zero-order valence-corrected chi connectivity index (χ0v) is 16.6. The number of nitrogens with zero attached hydrogens (tertiary/aromatic N) is 3. The first-order chi connectivity index (χ1) is 12.6. The van der Waals surface area contributed by atoms with Crippen molar-refractivity contribution in [1.29, 1.82) is 0 Å². The van der Waals surface area contributed by atoms with Crippen molar-refractivity contribution in [2.24, 2.45) is 5.92 Å². The number of carbonyl (C=O) groups excluding carboxylic acids is 1. The molecule has 1 amide bonds. The SMILES string of the molecule is CC1CCN(C(=S)SCC(=O)NCc2ccc(-n3ccnc3)cc2)CC1. The van der Waals surface area contributed by atoms with Crippen LogP contribution >= 0.6 is 24.0 Å². The molecular formula is C19H24N4OS2. The second-order valence-electron chi connectivity index (χ2n) is 6.64. The fraction of sp³-hybridized carbons (Fsp3) is 0.421. The summed E-state index contributed by atoms with van der Waals surface area (Å²) in [5.41, 5.74) is 2.12. The molecular weight excluding hydrogens is 364 g/mol. The molecule has 2 heterocycles. The van der Waals surface area contributed by atoms with Crippen molar-refractivity contribution in [1.82, 2.24) is 19.8 Å². The Morgan fingerprint density at radius 3 is 2.69 bits per heavy atom. The number of nitrogens with one attached hydrogen (secondary N) is 1. The Balaban J connectivity index is 1.39. The summed E-state index contributed by atoms with van der Waals surface area (Å²) in [4.78, 5) is 18.4. The van der Waals surface area contributed by atoms with Gasteiger partial charge in [-0.05, 0) is 36.5 Å². The first kappa shape index (κ1) is 18.9. The van der Waals surface area contributed by atoms with Gasteiger partial charge in [0.15, 0.2) is 0 Å². The number of carbonyl (C=O) groups is 1. The maximum absolute atomic E-state index is 12.1. The van der Waals surface area contributed by atoms with Crippen LogP contribution in [-0.4, -0.2) is 43.5 Å². The highest BCUT2D eigenvalue weighted by molar-refractivity contribution is 8.23. The standard InChI is InChI=1S/C19H24N4OS2/c1-15-6-9-22(10-7-15)19(25)26-13-18(24)21-12-16-2-4-17(5-3-16)23-11-8-20-14-23/h2-5,8,11,14-15H,6-7,9-10,12-13H2,1H3,(H,21,24). The number of benzene rings is 1. The van der Waals surface area contributed by atoms with Crippen molar-refractivity contribution in [3.8, 4) is 5.69 Å². The number of hydrogen-bond donors (Lipinski definition) is 1. The van der Waals surface area contributed by atoms with Gasteiger partial charge in [-0.2, -0.15) is 0 Å². The minimum absolute atomic E-state index is 0.0152. The van der Waals surface area contributed by atoms with Crippen molar-refractivity contribution in [2.45, 2.75) is 26.3 Å². The van der Waals surface area contributed by atoms with E-state index in [0.29, 0.717) is 12.3 Å². The molecule has 1 fully saturated rings. The maximum atomic E-state index is 12.1. The van der Waals surface area contributed by atoms with Gasteiger partial charge in [-0.15, -0.1) is 0 Å². The fourth-order valence-corrected chi connectivity index (χ4v) is 3.94. The van der Waals surface area contributed by atoms with E-state index in [4.69, 9.17) is 12.2 Å². The van der Waals surface area contributed by atoms with Gasteiger partial charge in [0.25, 0.3) is 0 Å². The molecule has 0 spiro atoms. The quantitative estimate of drug-likeness (QED) is 0.797. The van der Waals surface area contributed by atoms with Crippen LogP contribution in [0.4, 0.5) is 0 Å². The second kappa shape index (κ2) is 9.19. The van der Waals surface area contributed by atoms with Gasteiger partial charge >= 0.3 is 0 Å². The molecule has 1 saturated heterocycles. The van der Waals surface area contributed by atoms with Gasteiger partial charge in [-0.1, -0.05) is 43.0 Å². The monoisotopic (exact) mass is 388 g/mol. The van der Waals surface area contributed by atoms with E-state index in [1.165, 1.54) is 24.6 Å². The Morgan fingerprint density at radius 2 is 2.04 bits per heavy atom. The Morgan fingerprint density at radius 1 is 1.31 bits per heavy atom. The fourth-order valence-electron chi connectivity index (χ4n) is 2.86. The van der Waals surface area contributed by atoms with Crippen LogP contribution in [0.1, 0.15) is 25.3 Å². The number of imidazole rings is 1. The van der Waals surface area contributed by atoms with Crippen LogP contribution in [0.5, 0.6) is 0 Å². The zero-order chi connectivity index (χ0) is 18.4. The molecule has 1 aromatic carbocycles. The summed E-state index contributed by atoms with van der Waals surface area (Å²) in [6, 6.07) is 8.07. The van der Waals surface area contributed by atoms with E-state index in [1.54, 1.807) is 12.5 Å². The van der Waals surface area contributed by atoms with Gasteiger partial charge in [0.05, 0.1) is 12.1 Å². The predicted molar refractivity (Wildman–Crippen MR) is 110 cm³/mol. The average Bonchev–Trinajstić information content (AvgIpc) is 3.20. The van der Waals surface area contributed by atoms with Gasteiger partial charge in [0.2, 0.25) is 5.91 Å². The van der Waals surface area contributed by atoms with Gasteiger partial charge < -0.3 is 14.8 Å². The number of rotatable bonds is 5. The molecule has 0 radical (unpaired) electrons. The van der Waals surface area contributed by atoms with Crippen LogP contribution in [0.15, 0.2) is 43.0 Å². The van der Waals surface area contributed by atoms with Crippen molar-refractivity contribution in [3.05, 3.63) is 48.5 Å². The summed E-state index contributed by atoms with van der Waals surface area (Å²) >= 11 is 6.93. The normalized spacial score (nSPS) is 15.0. The third kappa shape index (κ3) is 5.32. The number of thioether (sulfide) groups is 1. The molecule has 0 aliphatic carbocycles. The van der Waals surface area contributed by atoms with E-state index in [0.717, 1.165) is 34.6 Å². The van der Waals surface area contributed by atoms with Crippen molar-refractivity contribution in [3.63, 3.8) is 0 Å². The summed E-state index contributed by atoms with van der Waals surface area (Å²) in [7, 11) is 0. The van der Waals surface area contributed by atoms with Gasteiger partial charge in [-0.25, -0.2) is 4.98 Å². The number of piperidine rings is 1. The molecule has 138 valence electrons. The Labute approximate surface area is 164 Å². The number of hydrogen-bond acceptors (Lipinski definition) is 4. The lowest BCUT2D eigenvalue weighted by Gasteiger charge is -2.31. The molecule has 2 aromatic rings. The molecule has 1 aromatic heterocycles. The second-order valence-corrected chi connectivity index (χ2v) is 8.25. The predicted octanol–water partition coefficient (Wildman–Crippen LogP) is 3.24. The molecule has 0 bridgehead atoms. The van der Waals surface area contributed by atoms with Gasteiger partial charge in [0, 0.05) is 37.7 Å². The largest absolute Gasteiger partial charge is 0.357 e. The van der Waals surface area contributed by atoms with Crippen molar-refractivity contribution >= 4 is 34.2 Å². The highest BCUT2D eigenvalue weighted by atomic mass is 32.2. The van der Waals surface area contributed by atoms with E-state index >= 15 is 0 Å². The highest BCUT2D eigenvalue weighted by Gasteiger charge is 2.18. The smallest absolute Gasteiger partial charge is 0.230 e. The average molecular weight is 389 g/mol.